The van der Waals surface area contributed by atoms with E-state index in [1.807, 2.05) is 6.07 Å². The highest BCUT2D eigenvalue weighted by Gasteiger charge is 2.12. The number of phenolic OH excluding ortho intramolecular Hbond substituents is 1. The topological polar surface area (TPSA) is 53.2 Å². The van der Waals surface area contributed by atoms with E-state index in [1.54, 1.807) is 30.3 Å². The molecule has 2 aromatic rings. The van der Waals surface area contributed by atoms with Crippen molar-refractivity contribution in [1.82, 2.24) is 0 Å². The predicted octanol–water partition coefficient (Wildman–Crippen LogP) is 4.36. The molecule has 3 nitrogen and oxygen atoms in total. The molecule has 0 saturated carbocycles. The Labute approximate surface area is 124 Å². The first-order valence-corrected chi connectivity index (χ1v) is 6.50. The van der Waals surface area contributed by atoms with Crippen LogP contribution in [0.1, 0.15) is 5.56 Å². The SMILES string of the molecule is COc1cc(-c2cc(C#N)cc(Br)c2O)ccc1Cl. The Kier molecular flexibility index (Phi) is 3.98. The lowest BCUT2D eigenvalue weighted by Crippen LogP contribution is -1.87. The van der Waals surface area contributed by atoms with Gasteiger partial charge in [0, 0.05) is 5.56 Å². The fourth-order valence-corrected chi connectivity index (χ4v) is 2.37. The monoisotopic (exact) mass is 337 g/mol. The van der Waals surface area contributed by atoms with Crippen LogP contribution in [-0.2, 0) is 0 Å². The second-order valence-corrected chi connectivity index (χ2v) is 5.08. The average Bonchev–Trinajstić information content (AvgIpc) is 2.42. The van der Waals surface area contributed by atoms with E-state index in [0.29, 0.717) is 26.4 Å². The van der Waals surface area contributed by atoms with Crippen molar-refractivity contribution in [2.24, 2.45) is 0 Å². The predicted molar refractivity (Wildman–Crippen MR) is 77.5 cm³/mol. The molecule has 0 amide bonds. The number of benzene rings is 2. The van der Waals surface area contributed by atoms with Gasteiger partial charge in [0.15, 0.2) is 0 Å². The minimum absolute atomic E-state index is 0.0726. The van der Waals surface area contributed by atoms with Crippen molar-refractivity contribution in [2.75, 3.05) is 7.11 Å². The number of hydrogen-bond donors (Lipinski definition) is 1. The molecular formula is C14H9BrClNO2. The Morgan fingerprint density at radius 3 is 2.68 bits per heavy atom. The molecular weight excluding hydrogens is 330 g/mol. The van der Waals surface area contributed by atoms with E-state index in [4.69, 9.17) is 21.6 Å². The van der Waals surface area contributed by atoms with Gasteiger partial charge >= 0.3 is 0 Å². The average molecular weight is 339 g/mol. The van der Waals surface area contributed by atoms with Crippen LogP contribution in [0, 0.1) is 11.3 Å². The third kappa shape index (κ3) is 2.67. The molecule has 0 heterocycles. The highest BCUT2D eigenvalue weighted by molar-refractivity contribution is 9.10. The summed E-state index contributed by atoms with van der Waals surface area (Å²) in [7, 11) is 1.52. The fraction of sp³-hybridized carbons (Fsp3) is 0.0714. The molecule has 0 aliphatic heterocycles. The molecule has 0 aliphatic rings. The third-order valence-electron chi connectivity index (χ3n) is 2.65. The smallest absolute Gasteiger partial charge is 0.138 e. The van der Waals surface area contributed by atoms with Crippen LogP contribution in [0.4, 0.5) is 0 Å². The third-order valence-corrected chi connectivity index (χ3v) is 3.57. The standard InChI is InChI=1S/C14H9BrClNO2/c1-19-13-6-9(2-3-12(13)16)10-4-8(7-17)5-11(15)14(10)18/h2-6,18H,1H3. The molecule has 0 saturated heterocycles. The largest absolute Gasteiger partial charge is 0.506 e. The zero-order valence-corrected chi connectivity index (χ0v) is 12.3. The van der Waals surface area contributed by atoms with Gasteiger partial charge in [0.2, 0.25) is 0 Å². The van der Waals surface area contributed by atoms with Crippen LogP contribution in [0.5, 0.6) is 11.5 Å². The summed E-state index contributed by atoms with van der Waals surface area (Å²) in [4.78, 5) is 0. The van der Waals surface area contributed by atoms with Crippen molar-refractivity contribution < 1.29 is 9.84 Å². The number of halogens is 2. The van der Waals surface area contributed by atoms with Crippen molar-refractivity contribution in [2.45, 2.75) is 0 Å². The van der Waals surface area contributed by atoms with E-state index in [1.165, 1.54) is 7.11 Å². The van der Waals surface area contributed by atoms with Crippen molar-refractivity contribution in [1.29, 1.82) is 5.26 Å². The molecule has 0 aliphatic carbocycles. The summed E-state index contributed by atoms with van der Waals surface area (Å²) in [5, 5.41) is 19.5. The zero-order valence-electron chi connectivity index (χ0n) is 9.95. The maximum absolute atomic E-state index is 10.1. The van der Waals surface area contributed by atoms with Gasteiger partial charge in [-0.05, 0) is 45.8 Å². The zero-order chi connectivity index (χ0) is 14.0. The van der Waals surface area contributed by atoms with Crippen LogP contribution in [0.25, 0.3) is 11.1 Å². The maximum Gasteiger partial charge on any atom is 0.138 e. The van der Waals surface area contributed by atoms with Crippen LogP contribution >= 0.6 is 27.5 Å². The van der Waals surface area contributed by atoms with Crippen molar-refractivity contribution in [3.63, 3.8) is 0 Å². The van der Waals surface area contributed by atoms with Crippen LogP contribution in [0.2, 0.25) is 5.02 Å². The Hall–Kier alpha value is -1.70. The molecule has 96 valence electrons. The lowest BCUT2D eigenvalue weighted by Gasteiger charge is -2.10. The number of nitriles is 1. The minimum Gasteiger partial charge on any atom is -0.506 e. The molecule has 0 atom stereocenters. The Morgan fingerprint density at radius 1 is 1.32 bits per heavy atom. The van der Waals surface area contributed by atoms with E-state index in [0.717, 1.165) is 5.56 Å². The quantitative estimate of drug-likeness (QED) is 0.885. The summed E-state index contributed by atoms with van der Waals surface area (Å²) in [5.41, 5.74) is 1.71. The van der Waals surface area contributed by atoms with Gasteiger partial charge in [0.05, 0.1) is 28.2 Å². The summed E-state index contributed by atoms with van der Waals surface area (Å²) < 4.78 is 5.61. The molecule has 5 heteroatoms. The number of rotatable bonds is 2. The Bertz CT molecular complexity index is 680. The molecule has 0 spiro atoms. The van der Waals surface area contributed by atoms with Gasteiger partial charge < -0.3 is 9.84 Å². The highest BCUT2D eigenvalue weighted by atomic mass is 79.9. The molecule has 1 N–H and O–H groups in total. The second-order valence-electron chi connectivity index (χ2n) is 3.82. The Morgan fingerprint density at radius 2 is 2.05 bits per heavy atom. The van der Waals surface area contributed by atoms with Gasteiger partial charge in [0.25, 0.3) is 0 Å². The molecule has 2 rings (SSSR count). The lowest BCUT2D eigenvalue weighted by atomic mass is 10.0. The molecule has 0 fully saturated rings. The molecule has 19 heavy (non-hydrogen) atoms. The summed E-state index contributed by atoms with van der Waals surface area (Å²) in [6.07, 6.45) is 0. The van der Waals surface area contributed by atoms with Gasteiger partial charge in [-0.3, -0.25) is 0 Å². The molecule has 2 aromatic carbocycles. The van der Waals surface area contributed by atoms with Crippen LogP contribution < -0.4 is 4.74 Å². The number of aromatic hydroxyl groups is 1. The fourth-order valence-electron chi connectivity index (χ4n) is 1.71. The van der Waals surface area contributed by atoms with Crippen molar-refractivity contribution in [3.05, 3.63) is 45.4 Å². The van der Waals surface area contributed by atoms with Crippen LogP contribution in [0.15, 0.2) is 34.8 Å². The first-order valence-electron chi connectivity index (χ1n) is 5.33. The summed E-state index contributed by atoms with van der Waals surface area (Å²) in [6, 6.07) is 10.4. The number of methoxy groups -OCH3 is 1. The van der Waals surface area contributed by atoms with E-state index < -0.39 is 0 Å². The van der Waals surface area contributed by atoms with Gasteiger partial charge in [-0.15, -0.1) is 0 Å². The molecule has 0 aromatic heterocycles. The van der Waals surface area contributed by atoms with Gasteiger partial charge in [-0.2, -0.15) is 5.26 Å². The number of hydrogen-bond acceptors (Lipinski definition) is 3. The van der Waals surface area contributed by atoms with E-state index >= 15 is 0 Å². The number of ether oxygens (including phenoxy) is 1. The lowest BCUT2D eigenvalue weighted by molar-refractivity contribution is 0.415. The van der Waals surface area contributed by atoms with E-state index in [-0.39, 0.29) is 5.75 Å². The summed E-state index contributed by atoms with van der Waals surface area (Å²) in [6.45, 7) is 0. The highest BCUT2D eigenvalue weighted by Crippen LogP contribution is 2.39. The summed E-state index contributed by atoms with van der Waals surface area (Å²) >= 11 is 9.19. The Balaban J connectivity index is 2.65. The second kappa shape index (κ2) is 5.52. The minimum atomic E-state index is 0.0726. The van der Waals surface area contributed by atoms with Gasteiger partial charge in [0.1, 0.15) is 11.5 Å². The normalized spacial score (nSPS) is 10.0. The maximum atomic E-state index is 10.1. The number of phenols is 1. The van der Waals surface area contributed by atoms with Gasteiger partial charge in [-0.25, -0.2) is 0 Å². The van der Waals surface area contributed by atoms with Crippen LogP contribution in [-0.4, -0.2) is 12.2 Å². The molecule has 0 unspecified atom stereocenters. The summed E-state index contributed by atoms with van der Waals surface area (Å²) in [5.74, 6) is 0.584. The van der Waals surface area contributed by atoms with Crippen LogP contribution in [0.3, 0.4) is 0 Å². The first-order chi connectivity index (χ1) is 9.06. The van der Waals surface area contributed by atoms with Gasteiger partial charge in [-0.1, -0.05) is 17.7 Å². The van der Waals surface area contributed by atoms with Crippen molar-refractivity contribution in [3.8, 4) is 28.7 Å². The number of nitrogens with zero attached hydrogens (tertiary/aromatic N) is 1. The molecule has 0 radical (unpaired) electrons. The van der Waals surface area contributed by atoms with Crippen molar-refractivity contribution >= 4 is 27.5 Å². The molecule has 0 bridgehead atoms. The van der Waals surface area contributed by atoms with E-state index in [9.17, 15) is 5.11 Å². The van der Waals surface area contributed by atoms with E-state index in [2.05, 4.69) is 15.9 Å². The first kappa shape index (κ1) is 13.7.